The first kappa shape index (κ1) is 18.2. The van der Waals surface area contributed by atoms with E-state index in [1.165, 1.54) is 5.01 Å². The van der Waals surface area contributed by atoms with Gasteiger partial charge < -0.3 is 4.42 Å². The summed E-state index contributed by atoms with van der Waals surface area (Å²) in [6.07, 6.45) is 2.33. The molecule has 0 radical (unpaired) electrons. The Labute approximate surface area is 152 Å². The average molecular weight is 375 g/mol. The third-order valence-electron chi connectivity index (χ3n) is 4.22. The molecule has 1 aliphatic heterocycles. The highest BCUT2D eigenvalue weighted by Gasteiger charge is 2.34. The minimum atomic E-state index is -3.42. The predicted molar refractivity (Wildman–Crippen MR) is 99.3 cm³/mol. The van der Waals surface area contributed by atoms with Crippen molar-refractivity contribution in [3.63, 3.8) is 0 Å². The maximum absolute atomic E-state index is 12.3. The molecule has 8 heteroatoms. The number of nitrogens with one attached hydrogen (secondary N) is 1. The van der Waals surface area contributed by atoms with E-state index in [2.05, 4.69) is 9.82 Å². The normalized spacial score (nSPS) is 17.2. The second kappa shape index (κ2) is 7.33. The molecule has 0 saturated carbocycles. The number of benzene rings is 1. The van der Waals surface area contributed by atoms with Gasteiger partial charge in [-0.05, 0) is 25.1 Å². The molecular weight excluding hydrogens is 354 g/mol. The van der Waals surface area contributed by atoms with E-state index in [0.717, 1.165) is 0 Å². The van der Waals surface area contributed by atoms with Crippen LogP contribution in [0.1, 0.15) is 44.1 Å². The summed E-state index contributed by atoms with van der Waals surface area (Å²) < 4.78 is 32.0. The monoisotopic (exact) mass is 375 g/mol. The number of hydrogen-bond acceptors (Lipinski definition) is 5. The first-order valence-electron chi connectivity index (χ1n) is 8.48. The molecule has 7 nitrogen and oxygen atoms in total. The van der Waals surface area contributed by atoms with Gasteiger partial charge in [-0.15, -0.1) is 0 Å². The minimum absolute atomic E-state index is 0.0245. The molecule has 1 atom stereocenters. The highest BCUT2D eigenvalue weighted by Crippen LogP contribution is 2.35. The second-order valence-electron chi connectivity index (χ2n) is 5.92. The molecule has 1 amide bonds. The number of carbonyl (C=O) groups excluding carboxylic acids is 1. The van der Waals surface area contributed by atoms with Crippen LogP contribution in [0, 0.1) is 0 Å². The molecule has 1 N–H and O–H groups in total. The van der Waals surface area contributed by atoms with Gasteiger partial charge in [0.05, 0.1) is 23.4 Å². The summed E-state index contributed by atoms with van der Waals surface area (Å²) in [6.45, 7) is 3.35. The summed E-state index contributed by atoms with van der Waals surface area (Å²) in [5.74, 6) is 0.508. The highest BCUT2D eigenvalue weighted by atomic mass is 32.2. The molecule has 0 bridgehead atoms. The van der Waals surface area contributed by atoms with E-state index in [1.807, 2.05) is 12.1 Å². The molecule has 1 aliphatic rings. The Morgan fingerprint density at radius 3 is 2.69 bits per heavy atom. The van der Waals surface area contributed by atoms with Gasteiger partial charge in [0.25, 0.3) is 0 Å². The van der Waals surface area contributed by atoms with Crippen molar-refractivity contribution in [2.75, 3.05) is 10.5 Å². The predicted octanol–water partition coefficient (Wildman–Crippen LogP) is 3.13. The van der Waals surface area contributed by atoms with Gasteiger partial charge in [-0.25, -0.2) is 13.4 Å². The Kier molecular flexibility index (Phi) is 5.13. The first-order valence-corrected chi connectivity index (χ1v) is 10.1. The van der Waals surface area contributed by atoms with Crippen molar-refractivity contribution < 1.29 is 17.6 Å². The van der Waals surface area contributed by atoms with E-state index in [4.69, 9.17) is 4.42 Å². The van der Waals surface area contributed by atoms with E-state index in [1.54, 1.807) is 44.4 Å². The van der Waals surface area contributed by atoms with Crippen LogP contribution >= 0.6 is 0 Å². The van der Waals surface area contributed by atoms with Gasteiger partial charge in [0.2, 0.25) is 15.9 Å². The summed E-state index contributed by atoms with van der Waals surface area (Å²) in [5, 5.41) is 5.92. The van der Waals surface area contributed by atoms with Gasteiger partial charge in [0, 0.05) is 18.4 Å². The van der Waals surface area contributed by atoms with Crippen molar-refractivity contribution in [3.8, 4) is 0 Å². The van der Waals surface area contributed by atoms with Crippen LogP contribution in [-0.2, 0) is 14.8 Å². The van der Waals surface area contributed by atoms with Crippen LogP contribution in [0.4, 0.5) is 5.69 Å². The Morgan fingerprint density at radius 2 is 2.04 bits per heavy atom. The maximum atomic E-state index is 12.3. The highest BCUT2D eigenvalue weighted by molar-refractivity contribution is 7.92. The number of furan rings is 1. The van der Waals surface area contributed by atoms with Crippen molar-refractivity contribution >= 4 is 27.3 Å². The number of nitrogens with zero attached hydrogens (tertiary/aromatic N) is 2. The number of para-hydroxylation sites is 1. The summed E-state index contributed by atoms with van der Waals surface area (Å²) in [6, 6.07) is 10.3. The number of rotatable bonds is 6. The molecule has 138 valence electrons. The van der Waals surface area contributed by atoms with Crippen molar-refractivity contribution in [2.24, 2.45) is 5.10 Å². The molecule has 3 rings (SSSR count). The molecule has 2 aromatic rings. The van der Waals surface area contributed by atoms with Gasteiger partial charge in [-0.2, -0.15) is 5.10 Å². The number of hydrogen-bond donors (Lipinski definition) is 1. The fourth-order valence-corrected chi connectivity index (χ4v) is 3.49. The van der Waals surface area contributed by atoms with Crippen molar-refractivity contribution in [3.05, 3.63) is 54.0 Å². The van der Waals surface area contributed by atoms with E-state index in [-0.39, 0.29) is 17.7 Å². The molecule has 0 unspecified atom stereocenters. The number of carbonyl (C=O) groups is 1. The Hall–Kier alpha value is -2.61. The van der Waals surface area contributed by atoms with E-state index in [0.29, 0.717) is 35.6 Å². The average Bonchev–Trinajstić information content (AvgIpc) is 3.30. The van der Waals surface area contributed by atoms with Crippen molar-refractivity contribution in [2.45, 2.75) is 32.7 Å². The molecule has 2 heterocycles. The lowest BCUT2D eigenvalue weighted by molar-refractivity contribution is -0.133. The van der Waals surface area contributed by atoms with E-state index < -0.39 is 10.0 Å². The quantitative estimate of drug-likeness (QED) is 0.839. The van der Waals surface area contributed by atoms with E-state index in [9.17, 15) is 13.2 Å². The van der Waals surface area contributed by atoms with E-state index >= 15 is 0 Å². The van der Waals surface area contributed by atoms with Crippen LogP contribution in [0.5, 0.6) is 0 Å². The number of sulfonamides is 1. The zero-order chi connectivity index (χ0) is 18.7. The largest absolute Gasteiger partial charge is 0.467 e. The summed E-state index contributed by atoms with van der Waals surface area (Å²) in [7, 11) is -3.42. The summed E-state index contributed by atoms with van der Waals surface area (Å²) in [4.78, 5) is 12.3. The summed E-state index contributed by atoms with van der Waals surface area (Å²) in [5.41, 5.74) is 1.76. The topological polar surface area (TPSA) is 92.0 Å². The standard InChI is InChI=1S/C18H21N3O4S/c1-3-18(22)21-16(17-10-7-11-25-17)12-15(19-21)13-8-5-6-9-14(13)20-26(23,24)4-2/h5-11,16,20H,3-4,12H2,1-2H3/t16-/m1/s1. The van der Waals surface area contributed by atoms with Gasteiger partial charge >= 0.3 is 0 Å². The van der Waals surface area contributed by atoms with Gasteiger partial charge in [0.1, 0.15) is 11.8 Å². The Balaban J connectivity index is 1.98. The second-order valence-corrected chi connectivity index (χ2v) is 7.94. The minimum Gasteiger partial charge on any atom is -0.467 e. The third kappa shape index (κ3) is 3.65. The zero-order valence-electron chi connectivity index (χ0n) is 14.7. The zero-order valence-corrected chi connectivity index (χ0v) is 15.5. The first-order chi connectivity index (χ1) is 12.4. The smallest absolute Gasteiger partial charge is 0.243 e. The van der Waals surface area contributed by atoms with Crippen molar-refractivity contribution in [1.29, 1.82) is 0 Å². The third-order valence-corrected chi connectivity index (χ3v) is 5.51. The Bertz CT molecular complexity index is 920. The van der Waals surface area contributed by atoms with Crippen LogP contribution in [-0.4, -0.2) is 30.8 Å². The number of amides is 1. The molecule has 1 aromatic heterocycles. The molecule has 0 fully saturated rings. The van der Waals surface area contributed by atoms with Crippen LogP contribution in [0.3, 0.4) is 0 Å². The van der Waals surface area contributed by atoms with Gasteiger partial charge in [-0.1, -0.05) is 25.1 Å². The van der Waals surface area contributed by atoms with Crippen LogP contribution in [0.2, 0.25) is 0 Å². The Morgan fingerprint density at radius 1 is 1.27 bits per heavy atom. The van der Waals surface area contributed by atoms with Gasteiger partial charge in [0.15, 0.2) is 0 Å². The summed E-state index contributed by atoms with van der Waals surface area (Å²) >= 11 is 0. The number of anilines is 1. The van der Waals surface area contributed by atoms with Crippen LogP contribution in [0.15, 0.2) is 52.2 Å². The SMILES string of the molecule is CCC(=O)N1N=C(c2ccccc2NS(=O)(=O)CC)C[C@@H]1c1ccco1. The lowest BCUT2D eigenvalue weighted by atomic mass is 10.0. The maximum Gasteiger partial charge on any atom is 0.243 e. The molecule has 26 heavy (non-hydrogen) atoms. The van der Waals surface area contributed by atoms with Crippen LogP contribution in [0.25, 0.3) is 0 Å². The molecular formula is C18H21N3O4S. The van der Waals surface area contributed by atoms with Crippen molar-refractivity contribution in [1.82, 2.24) is 5.01 Å². The van der Waals surface area contributed by atoms with Gasteiger partial charge in [-0.3, -0.25) is 9.52 Å². The molecule has 0 saturated heterocycles. The fraction of sp³-hybridized carbons (Fsp3) is 0.333. The lowest BCUT2D eigenvalue weighted by Gasteiger charge is -2.18. The molecule has 1 aromatic carbocycles. The van der Waals surface area contributed by atoms with Crippen LogP contribution < -0.4 is 4.72 Å². The lowest BCUT2D eigenvalue weighted by Crippen LogP contribution is -2.25. The fourth-order valence-electron chi connectivity index (χ4n) is 2.83. The number of hydrazone groups is 1. The molecule has 0 spiro atoms. The molecule has 0 aliphatic carbocycles.